The van der Waals surface area contributed by atoms with Gasteiger partial charge in [-0.1, -0.05) is 11.6 Å². The number of hydrogen-bond acceptors (Lipinski definition) is 3. The lowest BCUT2D eigenvalue weighted by Gasteiger charge is -2.28. The van der Waals surface area contributed by atoms with Gasteiger partial charge in [0.1, 0.15) is 12.4 Å². The molecule has 5 heteroatoms. The maximum absolute atomic E-state index is 11.7. The molecule has 0 radical (unpaired) electrons. The van der Waals surface area contributed by atoms with E-state index in [2.05, 4.69) is 0 Å². The molecule has 1 aliphatic heterocycles. The van der Waals surface area contributed by atoms with Gasteiger partial charge >= 0.3 is 6.09 Å². The van der Waals surface area contributed by atoms with Gasteiger partial charge in [0, 0.05) is 5.02 Å². The number of rotatable bonds is 1. The van der Waals surface area contributed by atoms with Crippen LogP contribution in [-0.2, 0) is 4.74 Å². The number of amides is 1. The van der Waals surface area contributed by atoms with Crippen LogP contribution in [0, 0.1) is 0 Å². The Labute approximate surface area is 98.7 Å². The maximum Gasteiger partial charge on any atom is 0.414 e. The van der Waals surface area contributed by atoms with Crippen LogP contribution in [0.15, 0.2) is 18.2 Å². The molecule has 86 valence electrons. The summed E-state index contributed by atoms with van der Waals surface area (Å²) in [4.78, 5) is 13.2. The van der Waals surface area contributed by atoms with E-state index < -0.39 is 0 Å². The quantitative estimate of drug-likeness (QED) is 0.759. The zero-order chi connectivity index (χ0) is 11.5. The second kappa shape index (κ2) is 4.61. The normalized spacial score (nSPS) is 14.0. The lowest BCUT2D eigenvalue weighted by atomic mass is 10.2. The molecule has 16 heavy (non-hydrogen) atoms. The zero-order valence-corrected chi connectivity index (χ0v) is 9.66. The molecule has 0 atom stereocenters. The van der Waals surface area contributed by atoms with Gasteiger partial charge in [-0.15, -0.1) is 0 Å². The minimum Gasteiger partial charge on any atom is -0.490 e. The first-order chi connectivity index (χ1) is 7.72. The molecule has 0 spiro atoms. The Morgan fingerprint density at radius 2 is 2.44 bits per heavy atom. The molecule has 4 nitrogen and oxygen atoms in total. The predicted molar refractivity (Wildman–Crippen MR) is 61.3 cm³/mol. The molecular weight excluding hydrogens is 230 g/mol. The number of fused-ring (bicyclic) bond motifs is 1. The molecule has 1 amide bonds. The van der Waals surface area contributed by atoms with Gasteiger partial charge in [-0.3, -0.25) is 4.90 Å². The molecule has 0 fully saturated rings. The standard InChI is InChI=1S/C11H12ClNO3/c1-2-15-11(14)13-5-6-16-10-4-3-8(12)7-9(10)13/h3-4,7H,2,5-6H2,1H3. The number of carbonyl (C=O) groups is 1. The van der Waals surface area contributed by atoms with Crippen molar-refractivity contribution in [1.82, 2.24) is 0 Å². The molecule has 1 aliphatic rings. The lowest BCUT2D eigenvalue weighted by molar-refractivity contribution is 0.156. The van der Waals surface area contributed by atoms with Gasteiger partial charge < -0.3 is 9.47 Å². The highest BCUT2D eigenvalue weighted by Crippen LogP contribution is 2.34. The van der Waals surface area contributed by atoms with Crippen molar-refractivity contribution < 1.29 is 14.3 Å². The molecule has 0 aromatic heterocycles. The number of hydrogen-bond donors (Lipinski definition) is 0. The minimum atomic E-state index is -0.366. The average molecular weight is 242 g/mol. The highest BCUT2D eigenvalue weighted by Gasteiger charge is 2.24. The van der Waals surface area contributed by atoms with Crippen LogP contribution in [0.2, 0.25) is 5.02 Å². The fourth-order valence-electron chi connectivity index (χ4n) is 1.58. The van der Waals surface area contributed by atoms with Gasteiger partial charge in [-0.25, -0.2) is 4.79 Å². The van der Waals surface area contributed by atoms with Gasteiger partial charge in [0.15, 0.2) is 0 Å². The van der Waals surface area contributed by atoms with E-state index in [-0.39, 0.29) is 6.09 Å². The average Bonchev–Trinajstić information content (AvgIpc) is 2.28. The van der Waals surface area contributed by atoms with E-state index in [0.29, 0.717) is 36.2 Å². The van der Waals surface area contributed by atoms with Crippen LogP contribution in [-0.4, -0.2) is 25.9 Å². The fourth-order valence-corrected chi connectivity index (χ4v) is 1.75. The first kappa shape index (κ1) is 11.1. The topological polar surface area (TPSA) is 38.8 Å². The third-order valence-electron chi connectivity index (χ3n) is 2.27. The Morgan fingerprint density at radius 3 is 3.19 bits per heavy atom. The van der Waals surface area contributed by atoms with Crippen molar-refractivity contribution in [3.05, 3.63) is 23.2 Å². The number of benzene rings is 1. The molecule has 0 aliphatic carbocycles. The van der Waals surface area contributed by atoms with Gasteiger partial charge in [0.2, 0.25) is 0 Å². The van der Waals surface area contributed by atoms with Crippen molar-refractivity contribution in [2.24, 2.45) is 0 Å². The second-order valence-electron chi connectivity index (χ2n) is 3.31. The van der Waals surface area contributed by atoms with Crippen LogP contribution >= 0.6 is 11.6 Å². The number of ether oxygens (including phenoxy) is 2. The van der Waals surface area contributed by atoms with E-state index in [0.717, 1.165) is 0 Å². The number of halogens is 1. The SMILES string of the molecule is CCOC(=O)N1CCOc2ccc(Cl)cc21. The summed E-state index contributed by atoms with van der Waals surface area (Å²) in [7, 11) is 0. The van der Waals surface area contributed by atoms with Crippen LogP contribution < -0.4 is 9.64 Å². The van der Waals surface area contributed by atoms with Crippen LogP contribution in [0.3, 0.4) is 0 Å². The third kappa shape index (κ3) is 2.07. The first-order valence-corrected chi connectivity index (χ1v) is 5.47. The summed E-state index contributed by atoms with van der Waals surface area (Å²) in [6, 6.07) is 5.19. The van der Waals surface area contributed by atoms with E-state index >= 15 is 0 Å². The number of nitrogens with zero attached hydrogens (tertiary/aromatic N) is 1. The van der Waals surface area contributed by atoms with E-state index in [1.54, 1.807) is 25.1 Å². The molecular formula is C11H12ClNO3. The highest BCUT2D eigenvalue weighted by molar-refractivity contribution is 6.31. The Bertz CT molecular complexity index is 408. The van der Waals surface area contributed by atoms with Gasteiger partial charge in [0.25, 0.3) is 0 Å². The summed E-state index contributed by atoms with van der Waals surface area (Å²) >= 11 is 5.89. The Morgan fingerprint density at radius 1 is 1.62 bits per heavy atom. The molecule has 0 bridgehead atoms. The minimum absolute atomic E-state index is 0.353. The Balaban J connectivity index is 2.31. The molecule has 1 aromatic carbocycles. The van der Waals surface area contributed by atoms with Crippen LogP contribution in [0.4, 0.5) is 10.5 Å². The van der Waals surface area contributed by atoms with Crippen molar-refractivity contribution >= 4 is 23.4 Å². The fraction of sp³-hybridized carbons (Fsp3) is 0.364. The van der Waals surface area contributed by atoms with E-state index in [4.69, 9.17) is 21.1 Å². The van der Waals surface area contributed by atoms with Gasteiger partial charge in [0.05, 0.1) is 18.8 Å². The van der Waals surface area contributed by atoms with Crippen molar-refractivity contribution in [1.29, 1.82) is 0 Å². The molecule has 2 rings (SSSR count). The summed E-state index contributed by atoms with van der Waals surface area (Å²) in [5.41, 5.74) is 0.664. The van der Waals surface area contributed by atoms with E-state index in [9.17, 15) is 4.79 Å². The molecule has 1 heterocycles. The summed E-state index contributed by atoms with van der Waals surface area (Å²) in [6.45, 7) is 3.07. The van der Waals surface area contributed by atoms with Crippen LogP contribution in [0.25, 0.3) is 0 Å². The molecule has 1 aromatic rings. The monoisotopic (exact) mass is 241 g/mol. The van der Waals surface area contributed by atoms with Gasteiger partial charge in [-0.05, 0) is 25.1 Å². The summed E-state index contributed by atoms with van der Waals surface area (Å²) in [5, 5.41) is 0.568. The van der Waals surface area contributed by atoms with Gasteiger partial charge in [-0.2, -0.15) is 0 Å². The molecule has 0 unspecified atom stereocenters. The molecule has 0 N–H and O–H groups in total. The highest BCUT2D eigenvalue weighted by atomic mass is 35.5. The molecule has 0 saturated carbocycles. The number of anilines is 1. The summed E-state index contributed by atoms with van der Waals surface area (Å²) in [6.07, 6.45) is -0.366. The second-order valence-corrected chi connectivity index (χ2v) is 3.75. The third-order valence-corrected chi connectivity index (χ3v) is 2.51. The summed E-state index contributed by atoms with van der Waals surface area (Å²) < 4.78 is 10.4. The summed E-state index contributed by atoms with van der Waals surface area (Å²) in [5.74, 6) is 0.656. The first-order valence-electron chi connectivity index (χ1n) is 5.09. The van der Waals surface area contributed by atoms with Crippen LogP contribution in [0.1, 0.15) is 6.92 Å². The largest absolute Gasteiger partial charge is 0.490 e. The Kier molecular flexibility index (Phi) is 3.19. The molecule has 0 saturated heterocycles. The van der Waals surface area contributed by atoms with Crippen molar-refractivity contribution in [2.45, 2.75) is 6.92 Å². The zero-order valence-electron chi connectivity index (χ0n) is 8.90. The lowest BCUT2D eigenvalue weighted by Crippen LogP contribution is -2.38. The maximum atomic E-state index is 11.7. The van der Waals surface area contributed by atoms with Crippen molar-refractivity contribution in [3.8, 4) is 5.75 Å². The van der Waals surface area contributed by atoms with E-state index in [1.807, 2.05) is 0 Å². The van der Waals surface area contributed by atoms with E-state index in [1.165, 1.54) is 4.90 Å². The Hall–Kier alpha value is -1.42. The van der Waals surface area contributed by atoms with Crippen molar-refractivity contribution in [3.63, 3.8) is 0 Å². The van der Waals surface area contributed by atoms with Crippen LogP contribution in [0.5, 0.6) is 5.75 Å². The number of carbonyl (C=O) groups excluding carboxylic acids is 1. The van der Waals surface area contributed by atoms with Crippen molar-refractivity contribution in [2.75, 3.05) is 24.7 Å². The smallest absolute Gasteiger partial charge is 0.414 e. The predicted octanol–water partition coefficient (Wildman–Crippen LogP) is 2.70.